The Kier molecular flexibility index (Phi) is 2.52. The van der Waals surface area contributed by atoms with Crippen LogP contribution >= 0.6 is 0 Å². The number of aromatic nitrogens is 2. The molecule has 0 fully saturated rings. The van der Waals surface area contributed by atoms with Gasteiger partial charge in [-0.1, -0.05) is 12.1 Å². The monoisotopic (exact) mass is 254 g/mol. The third kappa shape index (κ3) is 1.76. The van der Waals surface area contributed by atoms with Crippen molar-refractivity contribution in [3.05, 3.63) is 42.0 Å². The van der Waals surface area contributed by atoms with Crippen LogP contribution in [-0.4, -0.2) is 28.2 Å². The van der Waals surface area contributed by atoms with Gasteiger partial charge in [0.15, 0.2) is 0 Å². The summed E-state index contributed by atoms with van der Waals surface area (Å²) in [6, 6.07) is 10.1. The molecule has 1 heterocycles. The molecule has 1 N–H and O–H groups in total. The van der Waals surface area contributed by atoms with Crippen LogP contribution in [0.15, 0.2) is 36.4 Å². The Morgan fingerprint density at radius 2 is 1.74 bits per heavy atom. The number of hydrogen-bond donors (Lipinski definition) is 1. The first kappa shape index (κ1) is 11.4. The van der Waals surface area contributed by atoms with Crippen molar-refractivity contribution in [3.8, 4) is 5.75 Å². The minimum atomic E-state index is -0.477. The van der Waals surface area contributed by atoms with E-state index in [4.69, 9.17) is 4.74 Å². The molecule has 0 atom stereocenters. The quantitative estimate of drug-likeness (QED) is 0.532. The standard InChI is InChI=1S/C14H10N2O3/c1-19-14(18)8-4-2-5-9-12(8)16-13-10(15-9)6-3-7-11(13)17/h2-7,17H,1H3. The summed E-state index contributed by atoms with van der Waals surface area (Å²) in [6.45, 7) is 0. The van der Waals surface area contributed by atoms with E-state index in [1.165, 1.54) is 13.2 Å². The molecule has 0 saturated heterocycles. The van der Waals surface area contributed by atoms with Crippen LogP contribution in [0.2, 0.25) is 0 Å². The second-order valence-corrected chi connectivity index (χ2v) is 4.03. The highest BCUT2D eigenvalue weighted by Gasteiger charge is 2.13. The summed E-state index contributed by atoms with van der Waals surface area (Å²) in [5.74, 6) is -0.443. The Labute approximate surface area is 108 Å². The molecule has 1 aromatic heterocycles. The number of aromatic hydroxyl groups is 1. The number of ether oxygens (including phenoxy) is 1. The predicted molar refractivity (Wildman–Crippen MR) is 70.0 cm³/mol. The normalized spacial score (nSPS) is 10.8. The number of carbonyl (C=O) groups is 1. The smallest absolute Gasteiger partial charge is 0.340 e. The third-order valence-corrected chi connectivity index (χ3v) is 2.88. The Morgan fingerprint density at radius 3 is 2.47 bits per heavy atom. The molecule has 19 heavy (non-hydrogen) atoms. The first-order valence-electron chi connectivity index (χ1n) is 5.67. The van der Waals surface area contributed by atoms with Crippen LogP contribution in [0.4, 0.5) is 0 Å². The highest BCUT2D eigenvalue weighted by molar-refractivity contribution is 6.03. The summed E-state index contributed by atoms with van der Waals surface area (Å²) in [6.07, 6.45) is 0. The van der Waals surface area contributed by atoms with E-state index in [0.29, 0.717) is 27.6 Å². The number of fused-ring (bicyclic) bond motifs is 2. The fourth-order valence-corrected chi connectivity index (χ4v) is 1.98. The van der Waals surface area contributed by atoms with Crippen LogP contribution < -0.4 is 0 Å². The van der Waals surface area contributed by atoms with Gasteiger partial charge in [0, 0.05) is 0 Å². The van der Waals surface area contributed by atoms with Crippen LogP contribution in [0.25, 0.3) is 22.1 Å². The highest BCUT2D eigenvalue weighted by atomic mass is 16.5. The van der Waals surface area contributed by atoms with E-state index in [-0.39, 0.29) is 5.75 Å². The number of carbonyl (C=O) groups excluding carboxylic acids is 1. The molecule has 0 aliphatic carbocycles. The van der Waals surface area contributed by atoms with Crippen molar-refractivity contribution in [2.75, 3.05) is 7.11 Å². The molecular formula is C14H10N2O3. The van der Waals surface area contributed by atoms with Crippen LogP contribution in [0, 0.1) is 0 Å². The molecule has 0 amide bonds. The Morgan fingerprint density at radius 1 is 1.05 bits per heavy atom. The minimum absolute atomic E-state index is 0.0339. The van der Waals surface area contributed by atoms with E-state index in [1.807, 2.05) is 0 Å². The zero-order valence-electron chi connectivity index (χ0n) is 10.1. The van der Waals surface area contributed by atoms with Gasteiger partial charge >= 0.3 is 5.97 Å². The number of rotatable bonds is 1. The predicted octanol–water partition coefficient (Wildman–Crippen LogP) is 2.28. The number of esters is 1. The van der Waals surface area contributed by atoms with Gasteiger partial charge in [0.1, 0.15) is 16.8 Å². The van der Waals surface area contributed by atoms with Gasteiger partial charge in [0.05, 0.1) is 23.7 Å². The number of phenols is 1. The third-order valence-electron chi connectivity index (χ3n) is 2.88. The summed E-state index contributed by atoms with van der Waals surface area (Å²) >= 11 is 0. The molecule has 3 aromatic rings. The van der Waals surface area contributed by atoms with Gasteiger partial charge < -0.3 is 9.84 Å². The lowest BCUT2D eigenvalue weighted by molar-refractivity contribution is 0.0603. The number of phenolic OH excluding ortho intramolecular Hbond substituents is 1. The van der Waals surface area contributed by atoms with Crippen molar-refractivity contribution in [3.63, 3.8) is 0 Å². The molecule has 2 aromatic carbocycles. The van der Waals surface area contributed by atoms with Gasteiger partial charge in [-0.3, -0.25) is 0 Å². The van der Waals surface area contributed by atoms with E-state index < -0.39 is 5.97 Å². The number of nitrogens with zero attached hydrogens (tertiary/aromatic N) is 2. The zero-order valence-corrected chi connectivity index (χ0v) is 10.1. The largest absolute Gasteiger partial charge is 0.506 e. The maximum absolute atomic E-state index is 11.7. The van der Waals surface area contributed by atoms with Crippen LogP contribution in [0.3, 0.4) is 0 Å². The summed E-state index contributed by atoms with van der Waals surface area (Å²) in [4.78, 5) is 20.4. The Bertz CT molecular complexity index is 799. The van der Waals surface area contributed by atoms with Gasteiger partial charge in [0.2, 0.25) is 0 Å². The Hall–Kier alpha value is -2.69. The molecule has 0 unspecified atom stereocenters. The zero-order chi connectivity index (χ0) is 13.4. The fourth-order valence-electron chi connectivity index (χ4n) is 1.98. The molecule has 0 saturated carbocycles. The van der Waals surface area contributed by atoms with E-state index in [0.717, 1.165) is 0 Å². The highest BCUT2D eigenvalue weighted by Crippen LogP contribution is 2.25. The maximum atomic E-state index is 11.7. The SMILES string of the molecule is COC(=O)c1cccc2nc3cccc(O)c3nc12. The van der Waals surface area contributed by atoms with Gasteiger partial charge in [0.25, 0.3) is 0 Å². The van der Waals surface area contributed by atoms with Gasteiger partial charge in [-0.05, 0) is 24.3 Å². The van der Waals surface area contributed by atoms with Gasteiger partial charge in [-0.2, -0.15) is 0 Å². The topological polar surface area (TPSA) is 72.3 Å². The summed E-state index contributed by atoms with van der Waals surface area (Å²) in [5.41, 5.74) is 2.28. The van der Waals surface area contributed by atoms with Crippen molar-refractivity contribution in [1.82, 2.24) is 9.97 Å². The van der Waals surface area contributed by atoms with Crippen LogP contribution in [0.1, 0.15) is 10.4 Å². The second-order valence-electron chi connectivity index (χ2n) is 4.03. The van der Waals surface area contributed by atoms with Crippen molar-refractivity contribution in [2.45, 2.75) is 0 Å². The first-order chi connectivity index (χ1) is 9.20. The first-order valence-corrected chi connectivity index (χ1v) is 5.67. The summed E-state index contributed by atoms with van der Waals surface area (Å²) in [5, 5.41) is 9.80. The molecule has 0 aliphatic rings. The summed E-state index contributed by atoms with van der Waals surface area (Å²) in [7, 11) is 1.31. The lowest BCUT2D eigenvalue weighted by Gasteiger charge is -2.06. The average molecular weight is 254 g/mol. The van der Waals surface area contributed by atoms with E-state index in [2.05, 4.69) is 9.97 Å². The molecular weight excluding hydrogens is 244 g/mol. The van der Waals surface area contributed by atoms with Crippen molar-refractivity contribution < 1.29 is 14.6 Å². The molecule has 0 spiro atoms. The number of benzene rings is 2. The fraction of sp³-hybridized carbons (Fsp3) is 0.0714. The van der Waals surface area contributed by atoms with Crippen molar-refractivity contribution >= 4 is 28.0 Å². The average Bonchev–Trinajstić information content (AvgIpc) is 2.44. The van der Waals surface area contributed by atoms with E-state index in [1.54, 1.807) is 30.3 Å². The number of para-hydroxylation sites is 2. The maximum Gasteiger partial charge on any atom is 0.340 e. The van der Waals surface area contributed by atoms with Crippen molar-refractivity contribution in [2.24, 2.45) is 0 Å². The van der Waals surface area contributed by atoms with Gasteiger partial charge in [-0.15, -0.1) is 0 Å². The lowest BCUT2D eigenvalue weighted by atomic mass is 10.1. The molecule has 0 radical (unpaired) electrons. The summed E-state index contributed by atoms with van der Waals surface area (Å²) < 4.78 is 4.72. The molecule has 0 aliphatic heterocycles. The minimum Gasteiger partial charge on any atom is -0.506 e. The number of methoxy groups -OCH3 is 1. The second kappa shape index (κ2) is 4.20. The van der Waals surface area contributed by atoms with Crippen LogP contribution in [0.5, 0.6) is 5.75 Å². The van der Waals surface area contributed by atoms with E-state index >= 15 is 0 Å². The molecule has 0 bridgehead atoms. The van der Waals surface area contributed by atoms with Crippen LogP contribution in [-0.2, 0) is 4.74 Å². The van der Waals surface area contributed by atoms with Crippen molar-refractivity contribution in [1.29, 1.82) is 0 Å². The number of hydrogen-bond acceptors (Lipinski definition) is 5. The Balaban J connectivity index is 2.43. The molecule has 5 heteroatoms. The van der Waals surface area contributed by atoms with E-state index in [9.17, 15) is 9.90 Å². The lowest BCUT2D eigenvalue weighted by Crippen LogP contribution is -2.03. The van der Waals surface area contributed by atoms with Gasteiger partial charge in [-0.25, -0.2) is 14.8 Å². The molecule has 94 valence electrons. The molecule has 3 rings (SSSR count). The molecule has 5 nitrogen and oxygen atoms in total.